The summed E-state index contributed by atoms with van der Waals surface area (Å²) >= 11 is 5.85. The maximum absolute atomic E-state index is 13.1. The number of benzene rings is 2. The van der Waals surface area contributed by atoms with Crippen molar-refractivity contribution in [2.75, 3.05) is 74.4 Å². The van der Waals surface area contributed by atoms with Crippen molar-refractivity contribution < 1.29 is 23.7 Å². The van der Waals surface area contributed by atoms with Gasteiger partial charge in [0.2, 0.25) is 0 Å². The monoisotopic (exact) mass is 584 g/mol. The van der Waals surface area contributed by atoms with Gasteiger partial charge in [-0.15, -0.1) is 0 Å². The molecule has 1 saturated heterocycles. The average molecular weight is 585 g/mol. The molecule has 0 spiro atoms. The third-order valence-corrected chi connectivity index (χ3v) is 7.62. The molecule has 4 rings (SSSR count). The third kappa shape index (κ3) is 8.02. The lowest BCUT2D eigenvalue weighted by Gasteiger charge is -2.29. The number of ether oxygens (including phenoxy) is 5. The minimum absolute atomic E-state index is 0.156. The highest BCUT2D eigenvalue weighted by Crippen LogP contribution is 2.31. The number of hydrogen-bond acceptors (Lipinski definition) is 8. The van der Waals surface area contributed by atoms with Crippen LogP contribution in [0.1, 0.15) is 17.5 Å². The van der Waals surface area contributed by atoms with E-state index in [0.29, 0.717) is 58.8 Å². The Balaban J connectivity index is 1.47. The predicted molar refractivity (Wildman–Crippen MR) is 164 cm³/mol. The van der Waals surface area contributed by atoms with Crippen LogP contribution in [0.3, 0.4) is 0 Å². The fraction of sp³-hybridized carbons (Fsp3) is 0.467. The molecule has 1 aromatic heterocycles. The molecule has 0 radical (unpaired) electrons. The quantitative estimate of drug-likeness (QED) is 0.292. The van der Waals surface area contributed by atoms with Crippen LogP contribution in [0, 0.1) is 0 Å². The normalized spacial score (nSPS) is 13.6. The van der Waals surface area contributed by atoms with E-state index in [2.05, 4.69) is 20.1 Å². The van der Waals surface area contributed by atoms with Gasteiger partial charge >= 0.3 is 0 Å². The summed E-state index contributed by atoms with van der Waals surface area (Å²) in [5, 5.41) is 4.87. The second kappa shape index (κ2) is 14.9. The van der Waals surface area contributed by atoms with E-state index in [9.17, 15) is 4.79 Å². The van der Waals surface area contributed by atoms with Gasteiger partial charge < -0.3 is 38.9 Å². The molecule has 1 fully saturated rings. The van der Waals surface area contributed by atoms with Crippen molar-refractivity contribution >= 4 is 28.2 Å². The molecule has 222 valence electrons. The number of nitrogens with zero attached hydrogens (tertiary/aromatic N) is 2. The SMILES string of the molecule is COc1ccc(CCNC(=S)N(CCCN2CCOCC2)Cc2cc3cc(OC)c(OC)cc3[nH]c2=O)cc1OC. The molecular weight excluding hydrogens is 544 g/mol. The van der Waals surface area contributed by atoms with Crippen molar-refractivity contribution in [2.45, 2.75) is 19.4 Å². The van der Waals surface area contributed by atoms with Crippen LogP contribution in [-0.2, 0) is 17.7 Å². The van der Waals surface area contributed by atoms with Crippen LogP contribution in [0.25, 0.3) is 10.9 Å². The molecule has 1 aliphatic rings. The second-order valence-electron chi connectivity index (χ2n) is 9.82. The highest BCUT2D eigenvalue weighted by molar-refractivity contribution is 7.80. The zero-order valence-electron chi connectivity index (χ0n) is 24.3. The third-order valence-electron chi connectivity index (χ3n) is 7.22. The molecule has 0 saturated carbocycles. The molecule has 41 heavy (non-hydrogen) atoms. The van der Waals surface area contributed by atoms with Crippen molar-refractivity contribution in [1.29, 1.82) is 0 Å². The van der Waals surface area contributed by atoms with E-state index in [-0.39, 0.29) is 5.56 Å². The van der Waals surface area contributed by atoms with E-state index in [1.165, 1.54) is 0 Å². The number of pyridine rings is 1. The first kappa shape index (κ1) is 30.4. The fourth-order valence-corrected chi connectivity index (χ4v) is 5.18. The summed E-state index contributed by atoms with van der Waals surface area (Å²) in [4.78, 5) is 20.6. The van der Waals surface area contributed by atoms with E-state index in [4.69, 9.17) is 35.9 Å². The number of H-pyrrole nitrogens is 1. The van der Waals surface area contributed by atoms with Crippen molar-refractivity contribution in [1.82, 2.24) is 20.1 Å². The Kier molecular flexibility index (Phi) is 11.1. The number of hydrogen-bond donors (Lipinski definition) is 2. The van der Waals surface area contributed by atoms with Gasteiger partial charge in [0.25, 0.3) is 5.56 Å². The number of aromatic amines is 1. The second-order valence-corrected chi connectivity index (χ2v) is 10.2. The Morgan fingerprint density at radius 3 is 2.37 bits per heavy atom. The van der Waals surface area contributed by atoms with Gasteiger partial charge in [-0.25, -0.2) is 0 Å². The average Bonchev–Trinajstić information content (AvgIpc) is 3.00. The van der Waals surface area contributed by atoms with Gasteiger partial charge in [-0.2, -0.15) is 0 Å². The zero-order chi connectivity index (χ0) is 29.2. The van der Waals surface area contributed by atoms with Crippen molar-refractivity contribution in [3.63, 3.8) is 0 Å². The van der Waals surface area contributed by atoms with Gasteiger partial charge in [0.05, 0.1) is 53.7 Å². The molecule has 10 nitrogen and oxygen atoms in total. The number of fused-ring (bicyclic) bond motifs is 1. The van der Waals surface area contributed by atoms with Crippen molar-refractivity contribution in [3.8, 4) is 23.0 Å². The molecule has 11 heteroatoms. The maximum Gasteiger partial charge on any atom is 0.253 e. The molecule has 2 N–H and O–H groups in total. The van der Waals surface area contributed by atoms with Gasteiger partial charge in [0, 0.05) is 49.7 Å². The van der Waals surface area contributed by atoms with Crippen LogP contribution in [-0.4, -0.2) is 94.3 Å². The Bertz CT molecular complexity index is 1380. The summed E-state index contributed by atoms with van der Waals surface area (Å²) in [6.07, 6.45) is 1.66. The number of thiocarbonyl (C=S) groups is 1. The smallest absolute Gasteiger partial charge is 0.253 e. The van der Waals surface area contributed by atoms with E-state index in [1.807, 2.05) is 30.3 Å². The lowest BCUT2D eigenvalue weighted by Crippen LogP contribution is -2.43. The summed E-state index contributed by atoms with van der Waals surface area (Å²) in [5.41, 5.74) is 2.26. The van der Waals surface area contributed by atoms with Crippen LogP contribution in [0.5, 0.6) is 23.0 Å². The van der Waals surface area contributed by atoms with Gasteiger partial charge in [0.15, 0.2) is 28.1 Å². The van der Waals surface area contributed by atoms with E-state index < -0.39 is 0 Å². The predicted octanol–water partition coefficient (Wildman–Crippen LogP) is 3.20. The Morgan fingerprint density at radius 2 is 1.66 bits per heavy atom. The molecule has 3 aromatic rings. The largest absolute Gasteiger partial charge is 0.493 e. The number of nitrogens with one attached hydrogen (secondary N) is 2. The molecule has 0 unspecified atom stereocenters. The Hall–Kier alpha value is -3.54. The van der Waals surface area contributed by atoms with E-state index >= 15 is 0 Å². The van der Waals surface area contributed by atoms with Crippen LogP contribution in [0.15, 0.2) is 41.2 Å². The fourth-order valence-electron chi connectivity index (χ4n) is 4.93. The number of morpholine rings is 1. The van der Waals surface area contributed by atoms with Crippen molar-refractivity contribution in [2.24, 2.45) is 0 Å². The molecule has 2 aromatic carbocycles. The standard InChI is InChI=1S/C30H40N4O6S/c1-36-25-7-6-21(16-26(25)37-2)8-9-31-30(41)34(11-5-10-33-12-14-40-15-13-33)20-23-17-22-18-27(38-3)28(39-4)19-24(22)32-29(23)35/h6-7,16-19H,5,8-15,20H2,1-4H3,(H,31,41)(H,32,35). The highest BCUT2D eigenvalue weighted by atomic mass is 32.1. The van der Waals surface area contributed by atoms with E-state index in [1.54, 1.807) is 34.5 Å². The summed E-state index contributed by atoms with van der Waals surface area (Å²) in [6, 6.07) is 11.4. The molecule has 0 aliphatic carbocycles. The number of methoxy groups -OCH3 is 4. The molecular formula is C30H40N4O6S. The summed E-state index contributed by atoms with van der Waals surface area (Å²) < 4.78 is 27.1. The number of rotatable bonds is 13. The first-order valence-corrected chi connectivity index (χ1v) is 14.2. The summed E-state index contributed by atoms with van der Waals surface area (Å²) in [6.45, 7) is 6.07. The summed E-state index contributed by atoms with van der Waals surface area (Å²) in [7, 11) is 6.42. The minimum Gasteiger partial charge on any atom is -0.493 e. The first-order valence-electron chi connectivity index (χ1n) is 13.8. The lowest BCUT2D eigenvalue weighted by atomic mass is 10.1. The van der Waals surface area contributed by atoms with Crippen molar-refractivity contribution in [3.05, 3.63) is 57.9 Å². The summed E-state index contributed by atoms with van der Waals surface area (Å²) in [5.74, 6) is 2.56. The lowest BCUT2D eigenvalue weighted by molar-refractivity contribution is 0.0367. The topological polar surface area (TPSA) is 97.5 Å². The van der Waals surface area contributed by atoms with Crippen LogP contribution in [0.2, 0.25) is 0 Å². The maximum atomic E-state index is 13.1. The van der Waals surface area contributed by atoms with Gasteiger partial charge in [-0.1, -0.05) is 6.07 Å². The first-order chi connectivity index (χ1) is 19.9. The van der Waals surface area contributed by atoms with Gasteiger partial charge in [0.1, 0.15) is 0 Å². The van der Waals surface area contributed by atoms with Crippen LogP contribution < -0.4 is 29.8 Å². The van der Waals surface area contributed by atoms with Gasteiger partial charge in [-0.3, -0.25) is 9.69 Å². The molecule has 0 atom stereocenters. The minimum atomic E-state index is -0.156. The molecule has 1 aliphatic heterocycles. The van der Waals surface area contributed by atoms with E-state index in [0.717, 1.165) is 56.6 Å². The number of aromatic nitrogens is 1. The molecule has 0 bridgehead atoms. The highest BCUT2D eigenvalue weighted by Gasteiger charge is 2.17. The Morgan fingerprint density at radius 1 is 0.976 bits per heavy atom. The Labute approximate surface area is 246 Å². The van der Waals surface area contributed by atoms with Gasteiger partial charge in [-0.05, 0) is 54.9 Å². The zero-order valence-corrected chi connectivity index (χ0v) is 25.1. The van der Waals surface area contributed by atoms with Crippen LogP contribution in [0.4, 0.5) is 0 Å². The van der Waals surface area contributed by atoms with Crippen LogP contribution >= 0.6 is 12.2 Å². The molecule has 2 heterocycles. The molecule has 0 amide bonds.